The van der Waals surface area contributed by atoms with Crippen LogP contribution >= 0.6 is 0 Å². The Bertz CT molecular complexity index is 613. The maximum absolute atomic E-state index is 12.1. The predicted molar refractivity (Wildman–Crippen MR) is 88.4 cm³/mol. The summed E-state index contributed by atoms with van der Waals surface area (Å²) in [6.07, 6.45) is 2.01. The van der Waals surface area contributed by atoms with Crippen molar-refractivity contribution in [2.75, 3.05) is 19.0 Å². The highest BCUT2D eigenvalue weighted by Crippen LogP contribution is 2.15. The van der Waals surface area contributed by atoms with E-state index in [1.807, 2.05) is 61.5 Å². The zero-order valence-corrected chi connectivity index (χ0v) is 13.0. The quantitative estimate of drug-likeness (QED) is 0.854. The Hall–Kier alpha value is -2.40. The standard InChI is InChI=1S/C17H22N4O/c1-21(2)17-14(9-6-10-19-17)12-20-16(22)11-15(18)13-7-4-3-5-8-13/h3-10,15H,11-12,18H2,1-2H3,(H,20,22). The van der Waals surface area contributed by atoms with Gasteiger partial charge in [0.1, 0.15) is 5.82 Å². The van der Waals surface area contributed by atoms with Gasteiger partial charge in [0.2, 0.25) is 5.91 Å². The Labute approximate surface area is 131 Å². The fraction of sp³-hybridized carbons (Fsp3) is 0.294. The van der Waals surface area contributed by atoms with Crippen LogP contribution in [0.25, 0.3) is 0 Å². The molecule has 0 saturated carbocycles. The van der Waals surface area contributed by atoms with Gasteiger partial charge in [-0.25, -0.2) is 4.98 Å². The molecule has 1 amide bonds. The number of carbonyl (C=O) groups excluding carboxylic acids is 1. The van der Waals surface area contributed by atoms with E-state index in [2.05, 4.69) is 10.3 Å². The number of amides is 1. The van der Waals surface area contributed by atoms with Gasteiger partial charge >= 0.3 is 0 Å². The summed E-state index contributed by atoms with van der Waals surface area (Å²) in [5.74, 6) is 0.792. The molecule has 0 radical (unpaired) electrons. The minimum atomic E-state index is -0.289. The lowest BCUT2D eigenvalue weighted by Crippen LogP contribution is -2.28. The van der Waals surface area contributed by atoms with E-state index in [0.717, 1.165) is 16.9 Å². The molecular weight excluding hydrogens is 276 g/mol. The van der Waals surface area contributed by atoms with Gasteiger partial charge in [-0.2, -0.15) is 0 Å². The van der Waals surface area contributed by atoms with Gasteiger partial charge < -0.3 is 16.0 Å². The summed E-state index contributed by atoms with van der Waals surface area (Å²) in [5.41, 5.74) is 8.01. The number of rotatable bonds is 6. The number of benzene rings is 1. The van der Waals surface area contributed by atoms with Crippen LogP contribution in [0.3, 0.4) is 0 Å². The van der Waals surface area contributed by atoms with Crippen LogP contribution in [0.1, 0.15) is 23.6 Å². The Balaban J connectivity index is 1.91. The first-order valence-corrected chi connectivity index (χ1v) is 7.26. The summed E-state index contributed by atoms with van der Waals surface area (Å²) in [5, 5.41) is 2.91. The van der Waals surface area contributed by atoms with Crippen LogP contribution in [-0.4, -0.2) is 25.0 Å². The maximum Gasteiger partial charge on any atom is 0.222 e. The number of hydrogen-bond donors (Lipinski definition) is 2. The summed E-state index contributed by atoms with van der Waals surface area (Å²) in [6.45, 7) is 0.446. The highest BCUT2D eigenvalue weighted by atomic mass is 16.1. The molecule has 0 aliphatic carbocycles. The number of nitrogens with two attached hydrogens (primary N) is 1. The lowest BCUT2D eigenvalue weighted by molar-refractivity contribution is -0.121. The van der Waals surface area contributed by atoms with Gasteiger partial charge in [-0.05, 0) is 11.6 Å². The van der Waals surface area contributed by atoms with Crippen molar-refractivity contribution in [1.82, 2.24) is 10.3 Å². The molecule has 0 spiro atoms. The number of carbonyl (C=O) groups is 1. The smallest absolute Gasteiger partial charge is 0.222 e. The van der Waals surface area contributed by atoms with Gasteiger partial charge in [-0.1, -0.05) is 36.4 Å². The molecule has 2 rings (SSSR count). The third-order valence-electron chi connectivity index (χ3n) is 3.40. The summed E-state index contributed by atoms with van der Waals surface area (Å²) in [7, 11) is 3.86. The largest absolute Gasteiger partial charge is 0.362 e. The van der Waals surface area contributed by atoms with Gasteiger partial charge in [-0.15, -0.1) is 0 Å². The maximum atomic E-state index is 12.1. The first-order valence-electron chi connectivity index (χ1n) is 7.26. The molecule has 0 aliphatic rings. The molecule has 1 unspecified atom stereocenters. The van der Waals surface area contributed by atoms with Crippen molar-refractivity contribution in [3.8, 4) is 0 Å². The second-order valence-electron chi connectivity index (χ2n) is 5.38. The molecule has 3 N–H and O–H groups in total. The number of nitrogens with zero attached hydrogens (tertiary/aromatic N) is 2. The van der Waals surface area contributed by atoms with E-state index in [9.17, 15) is 4.79 Å². The van der Waals surface area contributed by atoms with Crippen LogP contribution in [0.4, 0.5) is 5.82 Å². The fourth-order valence-electron chi connectivity index (χ4n) is 2.25. The van der Waals surface area contributed by atoms with E-state index in [1.165, 1.54) is 0 Å². The first-order chi connectivity index (χ1) is 10.6. The summed E-state index contributed by atoms with van der Waals surface area (Å²) in [6, 6.07) is 13.2. The topological polar surface area (TPSA) is 71.2 Å². The van der Waals surface area contributed by atoms with Crippen LogP contribution in [-0.2, 0) is 11.3 Å². The highest BCUT2D eigenvalue weighted by Gasteiger charge is 2.12. The van der Waals surface area contributed by atoms with Crippen LogP contribution in [0.5, 0.6) is 0 Å². The minimum Gasteiger partial charge on any atom is -0.362 e. The first kappa shape index (κ1) is 16.0. The Morgan fingerprint density at radius 2 is 1.95 bits per heavy atom. The molecule has 5 nitrogen and oxygen atoms in total. The average molecular weight is 298 g/mol. The van der Waals surface area contributed by atoms with Gasteiger partial charge in [0.15, 0.2) is 0 Å². The van der Waals surface area contributed by atoms with E-state index >= 15 is 0 Å². The predicted octanol–water partition coefficient (Wildman–Crippen LogP) is 1.85. The molecule has 1 aromatic carbocycles. The molecule has 2 aromatic rings. The van der Waals surface area contributed by atoms with E-state index in [0.29, 0.717) is 6.54 Å². The lowest BCUT2D eigenvalue weighted by atomic mass is 10.0. The third kappa shape index (κ3) is 4.30. The van der Waals surface area contributed by atoms with Crippen molar-refractivity contribution in [2.45, 2.75) is 19.0 Å². The molecule has 5 heteroatoms. The number of aromatic nitrogens is 1. The SMILES string of the molecule is CN(C)c1ncccc1CNC(=O)CC(N)c1ccccc1. The second kappa shape index (κ2) is 7.56. The second-order valence-corrected chi connectivity index (χ2v) is 5.38. The van der Waals surface area contributed by atoms with E-state index in [1.54, 1.807) is 6.20 Å². The van der Waals surface area contributed by atoms with Crippen molar-refractivity contribution in [1.29, 1.82) is 0 Å². The third-order valence-corrected chi connectivity index (χ3v) is 3.40. The zero-order valence-electron chi connectivity index (χ0n) is 13.0. The monoisotopic (exact) mass is 298 g/mol. The van der Waals surface area contributed by atoms with E-state index < -0.39 is 0 Å². The zero-order chi connectivity index (χ0) is 15.9. The average Bonchev–Trinajstić information content (AvgIpc) is 2.54. The molecule has 1 atom stereocenters. The molecule has 0 saturated heterocycles. The van der Waals surface area contributed by atoms with Gasteiger partial charge in [0, 0.05) is 44.9 Å². The highest BCUT2D eigenvalue weighted by molar-refractivity contribution is 5.77. The van der Waals surface area contributed by atoms with Gasteiger partial charge in [-0.3, -0.25) is 4.79 Å². The molecule has 1 heterocycles. The molecule has 0 fully saturated rings. The van der Waals surface area contributed by atoms with Crippen LogP contribution in [0.2, 0.25) is 0 Å². The van der Waals surface area contributed by atoms with Crippen molar-refractivity contribution in [3.63, 3.8) is 0 Å². The molecule has 0 bridgehead atoms. The molecule has 0 aliphatic heterocycles. The Kier molecular flexibility index (Phi) is 5.49. The Morgan fingerprint density at radius 1 is 1.23 bits per heavy atom. The lowest BCUT2D eigenvalue weighted by Gasteiger charge is -2.17. The number of pyridine rings is 1. The summed E-state index contributed by atoms with van der Waals surface area (Å²) in [4.78, 5) is 18.3. The van der Waals surface area contributed by atoms with E-state index in [-0.39, 0.29) is 18.4 Å². The molecule has 22 heavy (non-hydrogen) atoms. The minimum absolute atomic E-state index is 0.0649. The summed E-state index contributed by atoms with van der Waals surface area (Å²) < 4.78 is 0. The van der Waals surface area contributed by atoms with Gasteiger partial charge in [0.05, 0.1) is 0 Å². The Morgan fingerprint density at radius 3 is 2.64 bits per heavy atom. The van der Waals surface area contributed by atoms with Crippen molar-refractivity contribution >= 4 is 11.7 Å². The number of hydrogen-bond acceptors (Lipinski definition) is 4. The molecule has 1 aromatic heterocycles. The van der Waals surface area contributed by atoms with E-state index in [4.69, 9.17) is 5.73 Å². The van der Waals surface area contributed by atoms with Crippen LogP contribution < -0.4 is 16.0 Å². The van der Waals surface area contributed by atoms with Crippen molar-refractivity contribution in [2.24, 2.45) is 5.73 Å². The summed E-state index contributed by atoms with van der Waals surface area (Å²) >= 11 is 0. The van der Waals surface area contributed by atoms with Crippen LogP contribution in [0, 0.1) is 0 Å². The van der Waals surface area contributed by atoms with Gasteiger partial charge in [0.25, 0.3) is 0 Å². The number of nitrogens with one attached hydrogen (secondary N) is 1. The number of anilines is 1. The molecular formula is C17H22N4O. The normalized spacial score (nSPS) is 11.8. The van der Waals surface area contributed by atoms with Crippen LogP contribution in [0.15, 0.2) is 48.7 Å². The van der Waals surface area contributed by atoms with Crippen molar-refractivity contribution < 1.29 is 4.79 Å². The fourth-order valence-corrected chi connectivity index (χ4v) is 2.25. The molecule has 116 valence electrons. The van der Waals surface area contributed by atoms with Crippen molar-refractivity contribution in [3.05, 3.63) is 59.8 Å².